The molecule has 8 nitrogen and oxygen atoms in total. The minimum atomic E-state index is -1.06. The summed E-state index contributed by atoms with van der Waals surface area (Å²) in [5, 5.41) is 18.3. The van der Waals surface area contributed by atoms with E-state index in [1.165, 1.54) is 17.5 Å². The Bertz CT molecular complexity index is 640. The first-order chi connectivity index (χ1) is 10.5. The lowest BCUT2D eigenvalue weighted by Gasteiger charge is -2.10. The molecule has 2 heterocycles. The molecule has 0 amide bonds. The van der Waals surface area contributed by atoms with Crippen molar-refractivity contribution in [3.8, 4) is 10.6 Å². The maximum atomic E-state index is 12.1. The summed E-state index contributed by atoms with van der Waals surface area (Å²) in [7, 11) is 0. The number of aromatic nitrogens is 3. The second-order valence-electron chi connectivity index (χ2n) is 4.85. The van der Waals surface area contributed by atoms with Crippen molar-refractivity contribution in [2.75, 3.05) is 0 Å². The number of carbonyl (C=O) groups excluding carboxylic acids is 1. The summed E-state index contributed by atoms with van der Waals surface area (Å²) >= 11 is 1.50. The van der Waals surface area contributed by atoms with Crippen molar-refractivity contribution < 1.29 is 14.7 Å². The molecular weight excluding hydrogens is 306 g/mol. The van der Waals surface area contributed by atoms with Gasteiger partial charge in [0.05, 0.1) is 17.1 Å². The second-order valence-corrected chi connectivity index (χ2v) is 5.79. The molecule has 0 aliphatic heterocycles. The van der Waals surface area contributed by atoms with Gasteiger partial charge in [0.25, 0.3) is 5.91 Å². The Morgan fingerprint density at radius 3 is 2.68 bits per heavy atom. The average molecular weight is 323 g/mol. The van der Waals surface area contributed by atoms with E-state index in [1.807, 2.05) is 17.5 Å². The number of carboxylic acid groups (broad SMARTS) is 1. The molecule has 2 rings (SSSR count). The molecule has 0 aliphatic rings. The quantitative estimate of drug-likeness (QED) is 0.676. The fourth-order valence-electron chi connectivity index (χ4n) is 1.88. The van der Waals surface area contributed by atoms with Crippen LogP contribution in [0.25, 0.3) is 10.6 Å². The van der Waals surface area contributed by atoms with Gasteiger partial charge in [0.15, 0.2) is 0 Å². The number of aliphatic carboxylic acids is 1. The molecule has 22 heavy (non-hydrogen) atoms. The van der Waals surface area contributed by atoms with Gasteiger partial charge in [-0.1, -0.05) is 11.3 Å². The van der Waals surface area contributed by atoms with E-state index in [0.29, 0.717) is 18.5 Å². The van der Waals surface area contributed by atoms with Crippen LogP contribution in [-0.2, 0) is 4.79 Å². The third-order valence-electron chi connectivity index (χ3n) is 3.16. The molecule has 2 aromatic rings. The molecule has 0 spiro atoms. The zero-order chi connectivity index (χ0) is 16.1. The van der Waals surface area contributed by atoms with Gasteiger partial charge >= 0.3 is 5.97 Å². The van der Waals surface area contributed by atoms with Crippen molar-refractivity contribution in [1.29, 1.82) is 0 Å². The van der Waals surface area contributed by atoms with Crippen LogP contribution in [0.2, 0.25) is 0 Å². The highest BCUT2D eigenvalue weighted by molar-refractivity contribution is 7.13. The van der Waals surface area contributed by atoms with Crippen molar-refractivity contribution >= 4 is 23.2 Å². The van der Waals surface area contributed by atoms with Gasteiger partial charge in [0.1, 0.15) is 11.7 Å². The summed E-state index contributed by atoms with van der Waals surface area (Å²) in [4.78, 5) is 23.6. The molecule has 118 valence electrons. The number of nitrogens with zero attached hydrogens (tertiary/aromatic N) is 3. The summed E-state index contributed by atoms with van der Waals surface area (Å²) in [6.07, 6.45) is 2.60. The van der Waals surface area contributed by atoms with E-state index in [4.69, 9.17) is 16.6 Å². The van der Waals surface area contributed by atoms with Crippen LogP contribution < -0.4 is 11.5 Å². The number of thiophene rings is 1. The van der Waals surface area contributed by atoms with E-state index in [1.54, 1.807) is 0 Å². The standard InChI is InChI=1S/C13H17N5O3S/c14-8(3-1-4-9(15)13(20)21)12(19)18-7-10(16-17-18)11-5-2-6-22-11/h2,5-9H,1,3-4,14-15H2,(H,20,21)/t8?,9-/m0/s1. The largest absolute Gasteiger partial charge is 0.480 e. The monoisotopic (exact) mass is 323 g/mol. The third kappa shape index (κ3) is 3.97. The SMILES string of the molecule is NC(CCC[C@H](N)C(=O)O)C(=O)n1cc(-c2cccs2)nn1. The smallest absolute Gasteiger partial charge is 0.320 e. The van der Waals surface area contributed by atoms with E-state index in [-0.39, 0.29) is 12.3 Å². The van der Waals surface area contributed by atoms with Crippen molar-refractivity contribution in [2.24, 2.45) is 11.5 Å². The molecule has 0 saturated heterocycles. The van der Waals surface area contributed by atoms with E-state index < -0.39 is 18.1 Å². The fourth-order valence-corrected chi connectivity index (χ4v) is 2.56. The molecule has 0 aromatic carbocycles. The molecule has 1 unspecified atom stereocenters. The first-order valence-electron chi connectivity index (χ1n) is 6.73. The Kier molecular flexibility index (Phi) is 5.36. The zero-order valence-electron chi connectivity index (χ0n) is 11.8. The number of carboxylic acids is 1. The van der Waals surface area contributed by atoms with Crippen molar-refractivity contribution in [2.45, 2.75) is 31.3 Å². The number of carbonyl (C=O) groups is 2. The Labute approximate surface area is 130 Å². The van der Waals surface area contributed by atoms with Gasteiger partial charge in [-0.05, 0) is 30.7 Å². The van der Waals surface area contributed by atoms with Crippen molar-refractivity contribution in [3.05, 3.63) is 23.7 Å². The number of nitrogens with two attached hydrogens (primary N) is 2. The maximum Gasteiger partial charge on any atom is 0.320 e. The lowest BCUT2D eigenvalue weighted by atomic mass is 10.1. The van der Waals surface area contributed by atoms with Crippen molar-refractivity contribution in [3.63, 3.8) is 0 Å². The highest BCUT2D eigenvalue weighted by Crippen LogP contribution is 2.21. The lowest BCUT2D eigenvalue weighted by molar-refractivity contribution is -0.138. The Morgan fingerprint density at radius 2 is 2.05 bits per heavy atom. The maximum absolute atomic E-state index is 12.1. The van der Waals surface area contributed by atoms with Gasteiger partial charge in [-0.15, -0.1) is 16.4 Å². The molecule has 0 saturated carbocycles. The first-order valence-corrected chi connectivity index (χ1v) is 7.61. The van der Waals surface area contributed by atoms with Crippen LogP contribution in [0.15, 0.2) is 23.7 Å². The Hall–Kier alpha value is -2.10. The molecule has 0 radical (unpaired) electrons. The highest BCUT2D eigenvalue weighted by atomic mass is 32.1. The molecule has 2 aromatic heterocycles. The number of rotatable bonds is 7. The second kappa shape index (κ2) is 7.25. The summed E-state index contributed by atoms with van der Waals surface area (Å²) in [6, 6.07) is 2.08. The molecule has 0 bridgehead atoms. The van der Waals surface area contributed by atoms with Crippen LogP contribution >= 0.6 is 11.3 Å². The third-order valence-corrected chi connectivity index (χ3v) is 4.05. The van der Waals surface area contributed by atoms with Gasteiger partial charge in [-0.3, -0.25) is 9.59 Å². The van der Waals surface area contributed by atoms with Crippen LogP contribution in [0.4, 0.5) is 0 Å². The van der Waals surface area contributed by atoms with Crippen LogP contribution in [0, 0.1) is 0 Å². The van der Waals surface area contributed by atoms with Gasteiger partial charge in [-0.2, -0.15) is 4.68 Å². The van der Waals surface area contributed by atoms with Crippen LogP contribution in [-0.4, -0.2) is 44.1 Å². The summed E-state index contributed by atoms with van der Waals surface area (Å²) in [5.74, 6) is -1.43. The van der Waals surface area contributed by atoms with Gasteiger partial charge < -0.3 is 16.6 Å². The van der Waals surface area contributed by atoms with Gasteiger partial charge in [0, 0.05) is 0 Å². The molecular formula is C13H17N5O3S. The van der Waals surface area contributed by atoms with Crippen LogP contribution in [0.3, 0.4) is 0 Å². The van der Waals surface area contributed by atoms with E-state index >= 15 is 0 Å². The number of hydrogen-bond donors (Lipinski definition) is 3. The van der Waals surface area contributed by atoms with Crippen molar-refractivity contribution in [1.82, 2.24) is 15.0 Å². The van der Waals surface area contributed by atoms with E-state index in [9.17, 15) is 9.59 Å². The Balaban J connectivity index is 1.89. The highest BCUT2D eigenvalue weighted by Gasteiger charge is 2.19. The molecule has 9 heteroatoms. The lowest BCUT2D eigenvalue weighted by Crippen LogP contribution is -2.36. The first kappa shape index (κ1) is 16.3. The van der Waals surface area contributed by atoms with Gasteiger partial charge in [0.2, 0.25) is 0 Å². The average Bonchev–Trinajstić information content (AvgIpc) is 3.16. The van der Waals surface area contributed by atoms with Gasteiger partial charge in [-0.25, -0.2) is 0 Å². The fraction of sp³-hybridized carbons (Fsp3) is 0.385. The Morgan fingerprint density at radius 1 is 1.32 bits per heavy atom. The minimum Gasteiger partial charge on any atom is -0.480 e. The normalized spacial score (nSPS) is 13.7. The molecule has 0 aliphatic carbocycles. The van der Waals surface area contributed by atoms with E-state index in [2.05, 4.69) is 10.3 Å². The summed E-state index contributed by atoms with van der Waals surface area (Å²) < 4.78 is 1.12. The molecule has 0 fully saturated rings. The van der Waals surface area contributed by atoms with Crippen LogP contribution in [0.1, 0.15) is 24.1 Å². The van der Waals surface area contributed by atoms with E-state index in [0.717, 1.165) is 9.56 Å². The minimum absolute atomic E-state index is 0.272. The molecule has 5 N–H and O–H groups in total. The zero-order valence-corrected chi connectivity index (χ0v) is 12.6. The predicted octanol–water partition coefficient (Wildman–Crippen LogP) is 0.556. The predicted molar refractivity (Wildman–Crippen MR) is 81.4 cm³/mol. The number of hydrogen-bond acceptors (Lipinski definition) is 7. The van der Waals surface area contributed by atoms with Crippen LogP contribution in [0.5, 0.6) is 0 Å². The topological polar surface area (TPSA) is 137 Å². The summed E-state index contributed by atoms with van der Waals surface area (Å²) in [6.45, 7) is 0. The molecule has 2 atom stereocenters. The summed E-state index contributed by atoms with van der Waals surface area (Å²) in [5.41, 5.74) is 11.8.